The van der Waals surface area contributed by atoms with E-state index in [1.165, 1.54) is 6.08 Å². The number of alkyl halides is 2. The Bertz CT molecular complexity index is 618. The number of ketones is 1. The number of esters is 1. The predicted octanol–water partition coefficient (Wildman–Crippen LogP) is 3.76. The van der Waals surface area contributed by atoms with Crippen LogP contribution in [0.3, 0.4) is 0 Å². The molecule has 0 spiro atoms. The van der Waals surface area contributed by atoms with Crippen molar-refractivity contribution in [2.75, 3.05) is 0 Å². The van der Waals surface area contributed by atoms with E-state index in [-0.39, 0.29) is 0 Å². The summed E-state index contributed by atoms with van der Waals surface area (Å²) in [5.41, 5.74) is -0.306. The first kappa shape index (κ1) is 20.4. The van der Waals surface area contributed by atoms with E-state index in [9.17, 15) is 23.5 Å². The Morgan fingerprint density at radius 2 is 1.79 bits per heavy atom. The molecule has 1 unspecified atom stereocenters. The highest BCUT2D eigenvalue weighted by molar-refractivity contribution is 9.10. The van der Waals surface area contributed by atoms with Crippen molar-refractivity contribution in [3.8, 4) is 0 Å². The Labute approximate surface area is 147 Å². The van der Waals surface area contributed by atoms with E-state index in [1.807, 2.05) is 0 Å². The quantitative estimate of drug-likeness (QED) is 0.579. The van der Waals surface area contributed by atoms with E-state index in [0.29, 0.717) is 5.56 Å². The second-order valence-electron chi connectivity index (χ2n) is 6.16. The van der Waals surface area contributed by atoms with Gasteiger partial charge in [0.05, 0.1) is 0 Å². The number of benzene rings is 1. The van der Waals surface area contributed by atoms with Gasteiger partial charge >= 0.3 is 11.9 Å². The number of halogens is 3. The minimum atomic E-state index is -4.08. The van der Waals surface area contributed by atoms with Crippen LogP contribution in [0, 0.1) is 0 Å². The molecule has 0 aliphatic rings. The molecular formula is C17H19BrF2O4. The number of carbonyl (C=O) groups excluding carboxylic acids is 2. The molecule has 0 bridgehead atoms. The Morgan fingerprint density at radius 1 is 1.25 bits per heavy atom. The number of hydrogen-bond donors (Lipinski definition) is 1. The zero-order chi connectivity index (χ0) is 18.5. The molecule has 0 radical (unpaired) electrons. The second kappa shape index (κ2) is 7.98. The molecule has 24 heavy (non-hydrogen) atoms. The second-order valence-corrected chi connectivity index (χ2v) is 7.08. The van der Waals surface area contributed by atoms with Gasteiger partial charge in [-0.3, -0.25) is 9.59 Å². The predicted molar refractivity (Wildman–Crippen MR) is 89.6 cm³/mol. The summed E-state index contributed by atoms with van der Waals surface area (Å²) < 4.78 is 33.5. The number of ether oxygens (including phenoxy) is 1. The van der Waals surface area contributed by atoms with Crippen molar-refractivity contribution in [2.45, 2.75) is 44.8 Å². The lowest BCUT2D eigenvalue weighted by Crippen LogP contribution is -2.42. The molecule has 7 heteroatoms. The van der Waals surface area contributed by atoms with E-state index >= 15 is 0 Å². The Balaban J connectivity index is 2.73. The number of aliphatic hydroxyl groups is 1. The van der Waals surface area contributed by atoms with Gasteiger partial charge in [0.15, 0.2) is 0 Å². The maximum atomic E-state index is 13.9. The van der Waals surface area contributed by atoms with E-state index in [2.05, 4.69) is 15.9 Å². The molecule has 1 N–H and O–H groups in total. The third-order valence-electron chi connectivity index (χ3n) is 2.81. The zero-order valence-electron chi connectivity index (χ0n) is 13.6. The highest BCUT2D eigenvalue weighted by atomic mass is 79.9. The Morgan fingerprint density at radius 3 is 2.29 bits per heavy atom. The fourth-order valence-corrected chi connectivity index (χ4v) is 1.95. The Kier molecular flexibility index (Phi) is 6.80. The number of rotatable bonds is 6. The van der Waals surface area contributed by atoms with Crippen LogP contribution in [0.1, 0.15) is 32.8 Å². The monoisotopic (exact) mass is 404 g/mol. The number of carbonyl (C=O) groups is 2. The number of hydrogen-bond acceptors (Lipinski definition) is 4. The molecule has 0 amide bonds. The van der Waals surface area contributed by atoms with Gasteiger partial charge in [-0.15, -0.1) is 0 Å². The summed E-state index contributed by atoms with van der Waals surface area (Å²) in [7, 11) is 0. The van der Waals surface area contributed by atoms with Crippen molar-refractivity contribution in [1.29, 1.82) is 0 Å². The summed E-state index contributed by atoms with van der Waals surface area (Å²) >= 11 is 3.24. The molecule has 0 aromatic heterocycles. The van der Waals surface area contributed by atoms with Gasteiger partial charge < -0.3 is 9.84 Å². The summed E-state index contributed by atoms with van der Waals surface area (Å²) in [6, 6.07) is 6.71. The fourth-order valence-electron chi connectivity index (χ4n) is 1.69. The van der Waals surface area contributed by atoms with Gasteiger partial charge in [-0.25, -0.2) is 0 Å². The van der Waals surface area contributed by atoms with Crippen molar-refractivity contribution in [3.63, 3.8) is 0 Å². The molecule has 0 aliphatic carbocycles. The van der Waals surface area contributed by atoms with Gasteiger partial charge in [-0.1, -0.05) is 34.1 Å². The van der Waals surface area contributed by atoms with Crippen LogP contribution in [0.5, 0.6) is 0 Å². The van der Waals surface area contributed by atoms with Gasteiger partial charge in [-0.2, -0.15) is 8.78 Å². The van der Waals surface area contributed by atoms with E-state index < -0.39 is 35.8 Å². The maximum absolute atomic E-state index is 13.9. The van der Waals surface area contributed by atoms with Gasteiger partial charge in [0.25, 0.3) is 0 Å². The van der Waals surface area contributed by atoms with Crippen molar-refractivity contribution in [3.05, 3.63) is 40.4 Å². The summed E-state index contributed by atoms with van der Waals surface area (Å²) in [5.74, 6) is -6.83. The minimum Gasteiger partial charge on any atom is -0.460 e. The first-order valence-corrected chi connectivity index (χ1v) is 7.96. The molecule has 1 atom stereocenters. The molecule has 4 nitrogen and oxygen atoms in total. The Hall–Kier alpha value is -1.60. The lowest BCUT2D eigenvalue weighted by molar-refractivity contribution is -0.166. The molecule has 132 valence electrons. The molecule has 0 saturated heterocycles. The van der Waals surface area contributed by atoms with Crippen molar-refractivity contribution < 1.29 is 28.2 Å². The van der Waals surface area contributed by atoms with Crippen LogP contribution in [0.4, 0.5) is 8.78 Å². The number of aliphatic hydroxyl groups excluding tert-OH is 1. The van der Waals surface area contributed by atoms with Crippen LogP contribution in [0.25, 0.3) is 6.08 Å². The largest absolute Gasteiger partial charge is 0.460 e. The van der Waals surface area contributed by atoms with Crippen LogP contribution in [-0.2, 0) is 14.3 Å². The fraction of sp³-hybridized carbons (Fsp3) is 0.412. The van der Waals surface area contributed by atoms with Crippen molar-refractivity contribution in [1.82, 2.24) is 0 Å². The summed E-state index contributed by atoms with van der Waals surface area (Å²) in [5, 5.41) is 9.59. The van der Waals surface area contributed by atoms with Gasteiger partial charge in [0, 0.05) is 4.47 Å². The molecule has 0 aliphatic heterocycles. The van der Waals surface area contributed by atoms with E-state index in [1.54, 1.807) is 45.0 Å². The first-order chi connectivity index (χ1) is 10.9. The first-order valence-electron chi connectivity index (χ1n) is 7.16. The molecule has 1 rings (SSSR count). The third-order valence-corrected chi connectivity index (χ3v) is 3.34. The average Bonchev–Trinajstić information content (AvgIpc) is 2.44. The van der Waals surface area contributed by atoms with Crippen LogP contribution in [0.2, 0.25) is 0 Å². The van der Waals surface area contributed by atoms with Gasteiger partial charge in [0.1, 0.15) is 18.1 Å². The topological polar surface area (TPSA) is 63.6 Å². The molecule has 0 saturated carbocycles. The lowest BCUT2D eigenvalue weighted by atomic mass is 10.0. The lowest BCUT2D eigenvalue weighted by Gasteiger charge is -2.21. The molecule has 0 fully saturated rings. The van der Waals surface area contributed by atoms with Crippen molar-refractivity contribution >= 4 is 33.8 Å². The third kappa shape index (κ3) is 6.49. The normalized spacial score (nSPS) is 13.8. The van der Waals surface area contributed by atoms with Gasteiger partial charge in [0.2, 0.25) is 5.78 Å². The van der Waals surface area contributed by atoms with E-state index in [0.717, 1.165) is 10.5 Å². The van der Waals surface area contributed by atoms with E-state index in [4.69, 9.17) is 4.74 Å². The highest BCUT2D eigenvalue weighted by Crippen LogP contribution is 2.24. The summed E-state index contributed by atoms with van der Waals surface area (Å²) in [6.45, 7) is 4.68. The van der Waals surface area contributed by atoms with Gasteiger partial charge in [-0.05, 0) is 44.5 Å². The number of Topliss-reactive ketones (excluding diaryl/α,β-unsaturated/α-hetero) is 1. The SMILES string of the molecule is CC(C)(C)OC(=O)CC(=O)C(F)(F)C(O)/C=C/c1ccc(Br)cc1. The minimum absolute atomic E-state index is 0.577. The smallest absolute Gasteiger partial charge is 0.334 e. The van der Waals surface area contributed by atoms with Crippen LogP contribution >= 0.6 is 15.9 Å². The summed E-state index contributed by atoms with van der Waals surface area (Å²) in [4.78, 5) is 23.1. The zero-order valence-corrected chi connectivity index (χ0v) is 15.1. The summed E-state index contributed by atoms with van der Waals surface area (Å²) in [6.07, 6.45) is -1.36. The van der Waals surface area contributed by atoms with Crippen molar-refractivity contribution in [2.24, 2.45) is 0 Å². The molecular weight excluding hydrogens is 386 g/mol. The molecule has 0 heterocycles. The maximum Gasteiger partial charge on any atom is 0.334 e. The highest BCUT2D eigenvalue weighted by Gasteiger charge is 2.46. The standard InChI is InChI=1S/C17H19BrF2O4/c1-16(2,3)24-15(23)10-14(22)17(19,20)13(21)9-6-11-4-7-12(18)8-5-11/h4-9,13,21H,10H2,1-3H3/b9-6+. The van der Waals surface area contributed by atoms with Crippen LogP contribution in [-0.4, -0.2) is 34.5 Å². The van der Waals surface area contributed by atoms with Crippen LogP contribution < -0.4 is 0 Å². The molecule has 1 aromatic carbocycles. The van der Waals surface area contributed by atoms with Crippen LogP contribution in [0.15, 0.2) is 34.8 Å². The molecule has 1 aromatic rings. The average molecular weight is 405 g/mol.